The molecule has 0 spiro atoms. The van der Waals surface area contributed by atoms with Gasteiger partial charge >= 0.3 is 11.9 Å². The van der Waals surface area contributed by atoms with Gasteiger partial charge in [0.25, 0.3) is 0 Å². The fourth-order valence-electron chi connectivity index (χ4n) is 3.49. The summed E-state index contributed by atoms with van der Waals surface area (Å²) in [5.41, 5.74) is 0. The highest BCUT2D eigenvalue weighted by molar-refractivity contribution is 5.69. The van der Waals surface area contributed by atoms with E-state index in [9.17, 15) is 9.59 Å². The summed E-state index contributed by atoms with van der Waals surface area (Å²) < 4.78 is 5.33. The fourth-order valence-corrected chi connectivity index (χ4v) is 3.49. The first-order valence-corrected chi connectivity index (χ1v) is 12.7. The number of rotatable bonds is 23. The van der Waals surface area contributed by atoms with E-state index in [1.165, 1.54) is 70.6 Å². The summed E-state index contributed by atoms with van der Waals surface area (Å²) in [7, 11) is 0. The Morgan fingerprint density at radius 1 is 0.633 bits per heavy atom. The highest BCUT2D eigenvalue weighted by Gasteiger charge is 2.02. The van der Waals surface area contributed by atoms with Gasteiger partial charge in [-0.3, -0.25) is 9.59 Å². The van der Waals surface area contributed by atoms with Crippen LogP contribution in [0.4, 0.5) is 0 Å². The van der Waals surface area contributed by atoms with Gasteiger partial charge in [-0.15, -0.1) is 0 Å². The third-order valence-electron chi connectivity index (χ3n) is 5.44. The summed E-state index contributed by atoms with van der Waals surface area (Å²) in [4.78, 5) is 22.1. The van der Waals surface area contributed by atoms with Crippen molar-refractivity contribution in [2.45, 2.75) is 135 Å². The SMILES string of the molecule is CCCC/C=C\CCCCCCCC(=O)OCCCCCCCCCCCC(=O)O. The van der Waals surface area contributed by atoms with E-state index in [4.69, 9.17) is 9.84 Å². The molecule has 0 aliphatic rings. The highest BCUT2D eigenvalue weighted by atomic mass is 16.5. The van der Waals surface area contributed by atoms with Gasteiger partial charge < -0.3 is 9.84 Å². The van der Waals surface area contributed by atoms with Gasteiger partial charge in [-0.2, -0.15) is 0 Å². The minimum Gasteiger partial charge on any atom is -0.481 e. The Hall–Kier alpha value is -1.32. The molecule has 30 heavy (non-hydrogen) atoms. The van der Waals surface area contributed by atoms with Crippen LogP contribution in [-0.4, -0.2) is 23.7 Å². The van der Waals surface area contributed by atoms with E-state index in [1.807, 2.05) is 0 Å². The van der Waals surface area contributed by atoms with Crippen molar-refractivity contribution in [3.05, 3.63) is 12.2 Å². The lowest BCUT2D eigenvalue weighted by atomic mass is 10.1. The van der Waals surface area contributed by atoms with Gasteiger partial charge in [0.15, 0.2) is 0 Å². The van der Waals surface area contributed by atoms with Crippen molar-refractivity contribution in [3.8, 4) is 0 Å². The quantitative estimate of drug-likeness (QED) is 0.102. The zero-order valence-corrected chi connectivity index (χ0v) is 19.7. The Morgan fingerprint density at radius 2 is 1.10 bits per heavy atom. The molecule has 4 heteroatoms. The van der Waals surface area contributed by atoms with Gasteiger partial charge in [0.05, 0.1) is 6.61 Å². The molecule has 0 amide bonds. The van der Waals surface area contributed by atoms with Crippen LogP contribution in [0.25, 0.3) is 0 Å². The second-order valence-corrected chi connectivity index (χ2v) is 8.47. The van der Waals surface area contributed by atoms with Crippen molar-refractivity contribution in [2.75, 3.05) is 6.61 Å². The smallest absolute Gasteiger partial charge is 0.305 e. The molecule has 0 aromatic carbocycles. The Morgan fingerprint density at radius 3 is 1.67 bits per heavy atom. The number of allylic oxidation sites excluding steroid dienone is 2. The first-order valence-electron chi connectivity index (χ1n) is 12.7. The molecule has 0 aliphatic heterocycles. The predicted octanol–water partition coefficient (Wildman–Crippen LogP) is 7.99. The number of esters is 1. The summed E-state index contributed by atoms with van der Waals surface area (Å²) in [6, 6.07) is 0. The van der Waals surface area contributed by atoms with E-state index in [0.717, 1.165) is 44.9 Å². The van der Waals surface area contributed by atoms with Gasteiger partial charge in [0.1, 0.15) is 0 Å². The molecule has 4 nitrogen and oxygen atoms in total. The lowest BCUT2D eigenvalue weighted by molar-refractivity contribution is -0.144. The van der Waals surface area contributed by atoms with E-state index < -0.39 is 5.97 Å². The zero-order valence-electron chi connectivity index (χ0n) is 19.7. The molecule has 1 N–H and O–H groups in total. The maximum Gasteiger partial charge on any atom is 0.305 e. The van der Waals surface area contributed by atoms with Crippen LogP contribution in [0, 0.1) is 0 Å². The first-order chi connectivity index (χ1) is 14.7. The molecule has 0 aromatic rings. The fraction of sp³-hybridized carbons (Fsp3) is 0.846. The van der Waals surface area contributed by atoms with Crippen molar-refractivity contribution in [2.24, 2.45) is 0 Å². The van der Waals surface area contributed by atoms with Gasteiger partial charge in [-0.25, -0.2) is 0 Å². The number of carboxylic acids is 1. The number of carbonyl (C=O) groups is 2. The molecule has 176 valence electrons. The molecule has 0 saturated heterocycles. The molecule has 0 radical (unpaired) electrons. The summed E-state index contributed by atoms with van der Waals surface area (Å²) in [5, 5.41) is 8.57. The summed E-state index contributed by atoms with van der Waals surface area (Å²) in [5.74, 6) is -0.720. The van der Waals surface area contributed by atoms with E-state index in [2.05, 4.69) is 19.1 Å². The molecule has 0 unspecified atom stereocenters. The van der Waals surface area contributed by atoms with Crippen LogP contribution in [0.5, 0.6) is 0 Å². The number of ether oxygens (including phenoxy) is 1. The monoisotopic (exact) mass is 424 g/mol. The standard InChI is InChI=1S/C26H48O4/c1-2-3-4-5-6-7-8-11-14-17-20-23-26(29)30-24-21-18-15-12-9-10-13-16-19-22-25(27)28/h5-6H,2-4,7-24H2,1H3,(H,27,28)/b6-5-. The lowest BCUT2D eigenvalue weighted by Gasteiger charge is -2.05. The van der Waals surface area contributed by atoms with Gasteiger partial charge in [-0.1, -0.05) is 96.1 Å². The maximum atomic E-state index is 11.7. The van der Waals surface area contributed by atoms with Crippen LogP contribution in [-0.2, 0) is 14.3 Å². The van der Waals surface area contributed by atoms with Crippen LogP contribution in [0.3, 0.4) is 0 Å². The van der Waals surface area contributed by atoms with Crippen molar-refractivity contribution in [1.82, 2.24) is 0 Å². The van der Waals surface area contributed by atoms with E-state index in [-0.39, 0.29) is 5.97 Å². The third kappa shape index (κ3) is 24.7. The van der Waals surface area contributed by atoms with Crippen LogP contribution >= 0.6 is 0 Å². The third-order valence-corrected chi connectivity index (χ3v) is 5.44. The Balaban J connectivity index is 3.20. The average Bonchev–Trinajstić information content (AvgIpc) is 2.72. The normalized spacial score (nSPS) is 11.2. The number of carbonyl (C=O) groups excluding carboxylic acids is 1. The van der Waals surface area contributed by atoms with Gasteiger partial charge in [0.2, 0.25) is 0 Å². The molecule has 0 rings (SSSR count). The predicted molar refractivity (Wildman–Crippen MR) is 126 cm³/mol. The Bertz CT molecular complexity index is 417. The average molecular weight is 425 g/mol. The molecule has 0 heterocycles. The molecular formula is C26H48O4. The summed E-state index contributed by atoms with van der Waals surface area (Å²) >= 11 is 0. The van der Waals surface area contributed by atoms with Crippen LogP contribution in [0.2, 0.25) is 0 Å². The van der Waals surface area contributed by atoms with Crippen LogP contribution in [0.1, 0.15) is 135 Å². The Labute approximate surface area is 185 Å². The van der Waals surface area contributed by atoms with E-state index >= 15 is 0 Å². The minimum atomic E-state index is -0.688. The van der Waals surface area contributed by atoms with Gasteiger partial charge in [-0.05, 0) is 38.5 Å². The van der Waals surface area contributed by atoms with Crippen LogP contribution < -0.4 is 0 Å². The lowest BCUT2D eigenvalue weighted by Crippen LogP contribution is -2.05. The number of aliphatic carboxylic acids is 1. The summed E-state index contributed by atoms with van der Waals surface area (Å²) in [6.45, 7) is 2.79. The van der Waals surface area contributed by atoms with Crippen molar-refractivity contribution in [3.63, 3.8) is 0 Å². The van der Waals surface area contributed by atoms with Gasteiger partial charge in [0, 0.05) is 12.8 Å². The van der Waals surface area contributed by atoms with E-state index in [1.54, 1.807) is 0 Å². The number of carboxylic acid groups (broad SMARTS) is 1. The second kappa shape index (κ2) is 24.0. The Kier molecular flexibility index (Phi) is 22.9. The van der Waals surface area contributed by atoms with Crippen molar-refractivity contribution in [1.29, 1.82) is 0 Å². The summed E-state index contributed by atoms with van der Waals surface area (Å²) in [6.07, 6.45) is 26.2. The van der Waals surface area contributed by atoms with Crippen molar-refractivity contribution >= 4 is 11.9 Å². The van der Waals surface area contributed by atoms with Crippen molar-refractivity contribution < 1.29 is 19.4 Å². The largest absolute Gasteiger partial charge is 0.481 e. The zero-order chi connectivity index (χ0) is 22.1. The second-order valence-electron chi connectivity index (χ2n) is 8.47. The molecule has 0 saturated carbocycles. The molecule has 0 aromatic heterocycles. The number of hydrogen-bond donors (Lipinski definition) is 1. The number of unbranched alkanes of at least 4 members (excludes halogenated alkanes) is 15. The molecular weight excluding hydrogens is 376 g/mol. The minimum absolute atomic E-state index is 0.0322. The maximum absolute atomic E-state index is 11.7. The topological polar surface area (TPSA) is 63.6 Å². The van der Waals surface area contributed by atoms with E-state index in [0.29, 0.717) is 19.4 Å². The first kappa shape index (κ1) is 28.7. The molecule has 0 bridgehead atoms. The molecule has 0 fully saturated rings. The number of hydrogen-bond acceptors (Lipinski definition) is 3. The molecule has 0 atom stereocenters. The highest BCUT2D eigenvalue weighted by Crippen LogP contribution is 2.11. The molecule has 0 aliphatic carbocycles. The van der Waals surface area contributed by atoms with Crippen LogP contribution in [0.15, 0.2) is 12.2 Å².